The summed E-state index contributed by atoms with van der Waals surface area (Å²) in [5, 5.41) is 25.9. The summed E-state index contributed by atoms with van der Waals surface area (Å²) < 4.78 is 11.8. The molecule has 2 rings (SSSR count). The number of ether oxygens (including phenoxy) is 2. The molecule has 6 atom stereocenters. The average Bonchev–Trinajstić information content (AvgIpc) is 2.67. The molecule has 0 unspecified atom stereocenters. The maximum Gasteiger partial charge on any atom is 0.250 e. The Balaban J connectivity index is 1.80. The van der Waals surface area contributed by atoms with Crippen LogP contribution in [-0.4, -0.2) is 79.0 Å². The minimum absolute atomic E-state index is 0.158. The molecule has 0 spiro atoms. The molecule has 162 valence electrons. The van der Waals surface area contributed by atoms with Gasteiger partial charge >= 0.3 is 0 Å². The molecule has 0 radical (unpaired) electrons. The predicted molar refractivity (Wildman–Crippen MR) is 104 cm³/mol. The van der Waals surface area contributed by atoms with E-state index in [2.05, 4.69) is 10.6 Å². The topological polar surface area (TPSA) is 178 Å². The SMILES string of the molecule is NCCCNCC1=CCC[C@@H](O[C@H]2[C@H](O)C[C@H](NC(=O)[C@H](O)CN)C[C@@H]2N)O1. The molecule has 0 aromatic carbocycles. The fourth-order valence-corrected chi connectivity index (χ4v) is 3.46. The van der Waals surface area contributed by atoms with Gasteiger partial charge in [0, 0.05) is 25.0 Å². The van der Waals surface area contributed by atoms with Gasteiger partial charge in [0.25, 0.3) is 0 Å². The molecule has 1 saturated carbocycles. The predicted octanol–water partition coefficient (Wildman–Crippen LogP) is -2.38. The number of allylic oxidation sites excluding steroid dienone is 1. The first-order valence-electron chi connectivity index (χ1n) is 9.98. The molecule has 0 bridgehead atoms. The number of hydrogen-bond acceptors (Lipinski definition) is 9. The van der Waals surface area contributed by atoms with Crippen molar-refractivity contribution < 1.29 is 24.5 Å². The number of rotatable bonds is 10. The zero-order valence-corrected chi connectivity index (χ0v) is 16.3. The van der Waals surface area contributed by atoms with Crippen LogP contribution >= 0.6 is 0 Å². The maximum atomic E-state index is 11.8. The highest BCUT2D eigenvalue weighted by Crippen LogP contribution is 2.26. The third-order valence-corrected chi connectivity index (χ3v) is 4.98. The molecule has 2 aliphatic rings. The second-order valence-electron chi connectivity index (χ2n) is 7.37. The first-order valence-corrected chi connectivity index (χ1v) is 9.98. The maximum absolute atomic E-state index is 11.8. The number of carbonyl (C=O) groups is 1. The summed E-state index contributed by atoms with van der Waals surface area (Å²) in [6.07, 6.45) is 2.01. The van der Waals surface area contributed by atoms with Crippen molar-refractivity contribution in [1.82, 2.24) is 10.6 Å². The largest absolute Gasteiger partial charge is 0.468 e. The van der Waals surface area contributed by atoms with Crippen molar-refractivity contribution in [3.05, 3.63) is 11.8 Å². The summed E-state index contributed by atoms with van der Waals surface area (Å²) in [4.78, 5) is 11.8. The van der Waals surface area contributed by atoms with E-state index in [1.54, 1.807) is 0 Å². The third-order valence-electron chi connectivity index (χ3n) is 4.98. The molecule has 10 heteroatoms. The van der Waals surface area contributed by atoms with Gasteiger partial charge in [0.2, 0.25) is 5.91 Å². The van der Waals surface area contributed by atoms with Crippen molar-refractivity contribution in [1.29, 1.82) is 0 Å². The summed E-state index contributed by atoms with van der Waals surface area (Å²) >= 11 is 0. The van der Waals surface area contributed by atoms with E-state index >= 15 is 0 Å². The van der Waals surface area contributed by atoms with Gasteiger partial charge in [-0.15, -0.1) is 0 Å². The van der Waals surface area contributed by atoms with Crippen molar-refractivity contribution in [3.8, 4) is 0 Å². The van der Waals surface area contributed by atoms with E-state index in [1.807, 2.05) is 6.08 Å². The summed E-state index contributed by atoms with van der Waals surface area (Å²) in [5.41, 5.74) is 16.9. The minimum atomic E-state index is -1.26. The van der Waals surface area contributed by atoms with Crippen molar-refractivity contribution in [2.75, 3.05) is 26.2 Å². The first-order chi connectivity index (χ1) is 13.4. The molecule has 0 saturated heterocycles. The Bertz CT molecular complexity index is 509. The van der Waals surface area contributed by atoms with Crippen LogP contribution in [0.5, 0.6) is 0 Å². The Morgan fingerprint density at radius 2 is 2.18 bits per heavy atom. The van der Waals surface area contributed by atoms with Crippen LogP contribution in [-0.2, 0) is 14.3 Å². The van der Waals surface area contributed by atoms with E-state index in [0.717, 1.165) is 25.1 Å². The van der Waals surface area contributed by atoms with Crippen LogP contribution in [0.1, 0.15) is 32.1 Å². The molecule has 10 N–H and O–H groups in total. The van der Waals surface area contributed by atoms with Gasteiger partial charge in [-0.3, -0.25) is 4.79 Å². The number of hydrogen-bond donors (Lipinski definition) is 7. The van der Waals surface area contributed by atoms with E-state index in [4.69, 9.17) is 26.7 Å². The first kappa shape index (κ1) is 23.0. The zero-order chi connectivity index (χ0) is 20.5. The highest BCUT2D eigenvalue weighted by atomic mass is 16.7. The number of aliphatic hydroxyl groups excluding tert-OH is 2. The highest BCUT2D eigenvalue weighted by molar-refractivity contribution is 5.81. The van der Waals surface area contributed by atoms with Crippen LogP contribution < -0.4 is 27.8 Å². The second kappa shape index (κ2) is 11.7. The lowest BCUT2D eigenvalue weighted by Gasteiger charge is -2.40. The molecule has 1 heterocycles. The van der Waals surface area contributed by atoms with E-state index < -0.39 is 36.6 Å². The summed E-state index contributed by atoms with van der Waals surface area (Å²) in [6, 6.07) is -0.808. The standard InChI is InChI=1S/C18H35N5O5/c19-5-2-6-22-10-12-3-1-4-16(27-12)28-17-13(21)7-11(8-14(17)24)23-18(26)15(25)9-20/h3,11,13-17,22,24-25H,1-2,4-10,19-21H2,(H,23,26)/t11-,13+,14-,15-,16-,17-/m1/s1. The Morgan fingerprint density at radius 1 is 1.39 bits per heavy atom. The van der Waals surface area contributed by atoms with E-state index in [1.165, 1.54) is 0 Å². The molecule has 10 nitrogen and oxygen atoms in total. The summed E-state index contributed by atoms with van der Waals surface area (Å²) in [7, 11) is 0. The Hall–Kier alpha value is -1.27. The normalized spacial score (nSPS) is 31.6. The van der Waals surface area contributed by atoms with Crippen molar-refractivity contribution in [2.45, 2.75) is 68.8 Å². The van der Waals surface area contributed by atoms with Crippen LogP contribution in [0.4, 0.5) is 0 Å². The van der Waals surface area contributed by atoms with Gasteiger partial charge in [0.05, 0.1) is 12.6 Å². The van der Waals surface area contributed by atoms with E-state index in [-0.39, 0.29) is 19.0 Å². The number of amides is 1. The van der Waals surface area contributed by atoms with Crippen molar-refractivity contribution >= 4 is 5.91 Å². The van der Waals surface area contributed by atoms with Gasteiger partial charge in [-0.25, -0.2) is 0 Å². The number of nitrogens with one attached hydrogen (secondary N) is 2. The molecule has 0 aromatic heterocycles. The Labute approximate surface area is 165 Å². The van der Waals surface area contributed by atoms with Crippen molar-refractivity contribution in [3.63, 3.8) is 0 Å². The zero-order valence-electron chi connectivity index (χ0n) is 16.3. The van der Waals surface area contributed by atoms with E-state index in [9.17, 15) is 15.0 Å². The Morgan fingerprint density at radius 3 is 2.86 bits per heavy atom. The fraction of sp³-hybridized carbons (Fsp3) is 0.833. The summed E-state index contributed by atoms with van der Waals surface area (Å²) in [5.74, 6) is 0.256. The van der Waals surface area contributed by atoms with Crippen LogP contribution in [0.2, 0.25) is 0 Å². The monoisotopic (exact) mass is 401 g/mol. The van der Waals surface area contributed by atoms with Gasteiger partial charge in [0.15, 0.2) is 6.29 Å². The molecular formula is C18H35N5O5. The summed E-state index contributed by atoms with van der Waals surface area (Å²) in [6.45, 7) is 1.91. The lowest BCUT2D eigenvalue weighted by atomic mass is 9.86. The molecule has 0 aromatic rings. The van der Waals surface area contributed by atoms with E-state index in [0.29, 0.717) is 25.9 Å². The van der Waals surface area contributed by atoms with Crippen LogP contribution in [0.3, 0.4) is 0 Å². The quantitative estimate of drug-likeness (QED) is 0.197. The van der Waals surface area contributed by atoms with Gasteiger partial charge in [0.1, 0.15) is 18.0 Å². The van der Waals surface area contributed by atoms with Crippen LogP contribution in [0.25, 0.3) is 0 Å². The molecule has 28 heavy (non-hydrogen) atoms. The van der Waals surface area contributed by atoms with Crippen molar-refractivity contribution in [2.24, 2.45) is 17.2 Å². The average molecular weight is 402 g/mol. The van der Waals surface area contributed by atoms with Crippen LogP contribution in [0.15, 0.2) is 11.8 Å². The smallest absolute Gasteiger partial charge is 0.250 e. The fourth-order valence-electron chi connectivity index (χ4n) is 3.46. The van der Waals surface area contributed by atoms with Gasteiger partial charge in [-0.2, -0.15) is 0 Å². The number of nitrogens with two attached hydrogens (primary N) is 3. The lowest BCUT2D eigenvalue weighted by Crippen LogP contribution is -2.58. The molecule has 1 aliphatic heterocycles. The number of carbonyl (C=O) groups excluding carboxylic acids is 1. The Kier molecular flexibility index (Phi) is 9.59. The molecule has 1 amide bonds. The molecule has 1 fully saturated rings. The van der Waals surface area contributed by atoms with Gasteiger partial charge in [-0.05, 0) is 44.8 Å². The lowest BCUT2D eigenvalue weighted by molar-refractivity contribution is -0.195. The highest BCUT2D eigenvalue weighted by Gasteiger charge is 2.39. The second-order valence-corrected chi connectivity index (χ2v) is 7.37. The van der Waals surface area contributed by atoms with Crippen LogP contribution in [0, 0.1) is 0 Å². The number of aliphatic hydroxyl groups is 2. The minimum Gasteiger partial charge on any atom is -0.468 e. The third kappa shape index (κ3) is 6.96. The molecular weight excluding hydrogens is 366 g/mol. The van der Waals surface area contributed by atoms with Gasteiger partial charge < -0.3 is 47.5 Å². The van der Waals surface area contributed by atoms with Gasteiger partial charge in [-0.1, -0.05) is 0 Å². The molecule has 1 aliphatic carbocycles.